The molecular formula is C24H31N4O3-. The van der Waals surface area contributed by atoms with Gasteiger partial charge in [0.1, 0.15) is 0 Å². The van der Waals surface area contributed by atoms with E-state index in [1.54, 1.807) is 25.1 Å². The summed E-state index contributed by atoms with van der Waals surface area (Å²) < 4.78 is 5.79. The van der Waals surface area contributed by atoms with E-state index >= 15 is 0 Å². The summed E-state index contributed by atoms with van der Waals surface area (Å²) in [4.78, 5) is 28.9. The van der Waals surface area contributed by atoms with Crippen molar-refractivity contribution in [2.45, 2.75) is 46.5 Å². The maximum absolute atomic E-state index is 12.4. The number of rotatable bonds is 12. The minimum atomic E-state index is -0.731. The summed E-state index contributed by atoms with van der Waals surface area (Å²) in [6, 6.07) is 1.66. The SMILES string of the molecule is C=C(C)C(=O)C1C=CC(Nc2ncc(C(=O)NCCCCC)cc2OCCC)=CC1=[N-]. The number of hydrogen-bond acceptors (Lipinski definition) is 5. The number of carbonyl (C=O) groups excluding carboxylic acids is 2. The number of anilines is 1. The zero-order chi connectivity index (χ0) is 22.8. The normalized spacial score (nSPS) is 15.3. The number of allylic oxidation sites excluding steroid dienone is 4. The van der Waals surface area contributed by atoms with Gasteiger partial charge in [-0.1, -0.05) is 45.4 Å². The first-order chi connectivity index (χ1) is 14.9. The largest absolute Gasteiger partial charge is 0.807 e. The van der Waals surface area contributed by atoms with Gasteiger partial charge in [-0.15, -0.1) is 0 Å². The zero-order valence-corrected chi connectivity index (χ0v) is 18.5. The van der Waals surface area contributed by atoms with E-state index in [0.29, 0.717) is 41.6 Å². The number of ketones is 1. The van der Waals surface area contributed by atoms with Gasteiger partial charge in [0.05, 0.1) is 12.2 Å². The van der Waals surface area contributed by atoms with Gasteiger partial charge in [-0.2, -0.15) is 5.71 Å². The number of hydrogen-bond donors (Lipinski definition) is 2. The van der Waals surface area contributed by atoms with E-state index in [9.17, 15) is 15.0 Å². The van der Waals surface area contributed by atoms with E-state index in [1.165, 1.54) is 12.3 Å². The number of aromatic nitrogens is 1. The Kier molecular flexibility index (Phi) is 9.18. The van der Waals surface area contributed by atoms with Crippen LogP contribution in [0.25, 0.3) is 5.41 Å². The van der Waals surface area contributed by atoms with Crippen LogP contribution in [0.2, 0.25) is 0 Å². The molecule has 1 aliphatic carbocycles. The van der Waals surface area contributed by atoms with Crippen molar-refractivity contribution in [1.82, 2.24) is 10.3 Å². The molecule has 1 atom stereocenters. The van der Waals surface area contributed by atoms with Crippen molar-refractivity contribution in [3.05, 3.63) is 59.3 Å². The fourth-order valence-corrected chi connectivity index (χ4v) is 2.96. The number of ether oxygens (including phenoxy) is 1. The average molecular weight is 424 g/mol. The second-order valence-corrected chi connectivity index (χ2v) is 7.51. The summed E-state index contributed by atoms with van der Waals surface area (Å²) in [6.45, 7) is 10.4. The molecule has 0 aliphatic heterocycles. The number of nitrogens with zero attached hydrogens (tertiary/aromatic N) is 2. The predicted molar refractivity (Wildman–Crippen MR) is 124 cm³/mol. The second kappa shape index (κ2) is 11.8. The van der Waals surface area contributed by atoms with Gasteiger partial charge in [0.25, 0.3) is 5.91 Å². The zero-order valence-electron chi connectivity index (χ0n) is 18.5. The predicted octanol–water partition coefficient (Wildman–Crippen LogP) is 4.43. The van der Waals surface area contributed by atoms with Crippen molar-refractivity contribution in [2.24, 2.45) is 5.92 Å². The van der Waals surface area contributed by atoms with E-state index in [4.69, 9.17) is 4.74 Å². The molecular weight excluding hydrogens is 392 g/mol. The van der Waals surface area contributed by atoms with Gasteiger partial charge >= 0.3 is 0 Å². The lowest BCUT2D eigenvalue weighted by Crippen LogP contribution is -2.25. The van der Waals surface area contributed by atoms with Crippen LogP contribution in [0.1, 0.15) is 56.8 Å². The molecule has 1 heterocycles. The summed E-state index contributed by atoms with van der Waals surface area (Å²) in [5.74, 6) is -0.296. The lowest BCUT2D eigenvalue weighted by Gasteiger charge is -2.23. The fourth-order valence-electron chi connectivity index (χ4n) is 2.96. The van der Waals surface area contributed by atoms with Crippen LogP contribution in [-0.4, -0.2) is 35.5 Å². The number of unbranched alkanes of at least 4 members (excludes halogenated alkanes) is 2. The molecule has 0 saturated heterocycles. The van der Waals surface area contributed by atoms with E-state index in [0.717, 1.165) is 25.7 Å². The number of Topliss-reactive ketones (excluding diaryl/α,β-unsaturated/α-hetero) is 1. The van der Waals surface area contributed by atoms with Gasteiger partial charge < -0.3 is 20.8 Å². The average Bonchev–Trinajstić information content (AvgIpc) is 2.75. The third-order valence-electron chi connectivity index (χ3n) is 4.70. The highest BCUT2D eigenvalue weighted by Gasteiger charge is 2.19. The highest BCUT2D eigenvalue weighted by Crippen LogP contribution is 2.27. The van der Waals surface area contributed by atoms with Crippen LogP contribution in [0.5, 0.6) is 5.75 Å². The Morgan fingerprint density at radius 1 is 1.26 bits per heavy atom. The Morgan fingerprint density at radius 2 is 2.03 bits per heavy atom. The van der Waals surface area contributed by atoms with Crippen LogP contribution in [0.15, 0.2) is 48.3 Å². The maximum Gasteiger partial charge on any atom is 0.252 e. The summed E-state index contributed by atoms with van der Waals surface area (Å²) in [5.41, 5.74) is 1.28. The van der Waals surface area contributed by atoms with E-state index < -0.39 is 5.92 Å². The Hall–Kier alpha value is -3.22. The molecule has 0 aromatic carbocycles. The Bertz CT molecular complexity index is 902. The minimum Gasteiger partial charge on any atom is -0.807 e. The fraction of sp³-hybridized carbons (Fsp3) is 0.417. The third-order valence-corrected chi connectivity index (χ3v) is 4.70. The molecule has 2 rings (SSSR count). The van der Waals surface area contributed by atoms with Crippen molar-refractivity contribution in [1.29, 1.82) is 0 Å². The van der Waals surface area contributed by atoms with Crippen LogP contribution in [-0.2, 0) is 4.79 Å². The van der Waals surface area contributed by atoms with Crippen molar-refractivity contribution in [3.8, 4) is 5.75 Å². The molecule has 31 heavy (non-hydrogen) atoms. The number of nitrogens with one attached hydrogen (secondary N) is 2. The van der Waals surface area contributed by atoms with Crippen LogP contribution in [0.3, 0.4) is 0 Å². The van der Waals surface area contributed by atoms with E-state index in [2.05, 4.69) is 29.1 Å². The molecule has 166 valence electrons. The summed E-state index contributed by atoms with van der Waals surface area (Å²) in [6.07, 6.45) is 10.2. The monoisotopic (exact) mass is 423 g/mol. The molecule has 1 aliphatic rings. The number of carbonyl (C=O) groups is 2. The molecule has 7 heteroatoms. The van der Waals surface area contributed by atoms with Gasteiger partial charge in [0.2, 0.25) is 0 Å². The lowest BCUT2D eigenvalue weighted by atomic mass is 9.90. The Morgan fingerprint density at radius 3 is 2.68 bits per heavy atom. The summed E-state index contributed by atoms with van der Waals surface area (Å²) in [7, 11) is 0. The van der Waals surface area contributed by atoms with Crippen molar-refractivity contribution < 1.29 is 14.3 Å². The topological polar surface area (TPSA) is 103 Å². The smallest absolute Gasteiger partial charge is 0.252 e. The third kappa shape index (κ3) is 6.91. The highest BCUT2D eigenvalue weighted by atomic mass is 16.5. The maximum atomic E-state index is 12.4. The Labute approximate surface area is 184 Å². The number of pyridine rings is 1. The molecule has 0 fully saturated rings. The standard InChI is InChI=1S/C24H31N4O3/c1-5-7-8-11-26-24(30)17-13-21(31-12-6-2)23(27-15-17)28-18-9-10-19(20(25)14-18)22(29)16(3)4/h9-10,13-15,19H,3,5-8,11-12H2,1-2,4H3,(H,26,30)(H,27,28)/q-1. The van der Waals surface area contributed by atoms with Crippen molar-refractivity contribution in [3.63, 3.8) is 0 Å². The first-order valence-electron chi connectivity index (χ1n) is 10.7. The van der Waals surface area contributed by atoms with Crippen LogP contribution in [0, 0.1) is 5.92 Å². The molecule has 1 unspecified atom stereocenters. The quantitative estimate of drug-likeness (QED) is 0.382. The summed E-state index contributed by atoms with van der Waals surface area (Å²) in [5, 5.41) is 16.3. The molecule has 1 aromatic heterocycles. The first-order valence-corrected chi connectivity index (χ1v) is 10.7. The molecule has 0 saturated carbocycles. The molecule has 0 radical (unpaired) electrons. The molecule has 0 bridgehead atoms. The second-order valence-electron chi connectivity index (χ2n) is 7.51. The van der Waals surface area contributed by atoms with Crippen LogP contribution < -0.4 is 15.4 Å². The number of amides is 1. The van der Waals surface area contributed by atoms with Crippen molar-refractivity contribution in [2.75, 3.05) is 18.5 Å². The summed E-state index contributed by atoms with van der Waals surface area (Å²) >= 11 is 0. The van der Waals surface area contributed by atoms with Gasteiger partial charge in [-0.3, -0.25) is 9.59 Å². The Balaban J connectivity index is 2.15. The van der Waals surface area contributed by atoms with E-state index in [1.807, 2.05) is 6.92 Å². The van der Waals surface area contributed by atoms with Gasteiger partial charge in [0, 0.05) is 24.4 Å². The van der Waals surface area contributed by atoms with Gasteiger partial charge in [0.15, 0.2) is 17.4 Å². The molecule has 7 nitrogen and oxygen atoms in total. The van der Waals surface area contributed by atoms with Crippen molar-refractivity contribution >= 4 is 23.2 Å². The first kappa shape index (κ1) is 24.1. The molecule has 0 spiro atoms. The van der Waals surface area contributed by atoms with Crippen LogP contribution in [0.4, 0.5) is 5.82 Å². The van der Waals surface area contributed by atoms with Crippen LogP contribution >= 0.6 is 0 Å². The van der Waals surface area contributed by atoms with Gasteiger partial charge in [-0.05, 0) is 37.5 Å². The molecule has 1 amide bonds. The lowest BCUT2D eigenvalue weighted by molar-refractivity contribution is -0.116. The minimum absolute atomic E-state index is 0.0721. The van der Waals surface area contributed by atoms with Gasteiger partial charge in [-0.25, -0.2) is 4.98 Å². The molecule has 2 N–H and O–H groups in total. The highest BCUT2D eigenvalue weighted by molar-refractivity contribution is 6.19. The van der Waals surface area contributed by atoms with E-state index in [-0.39, 0.29) is 17.4 Å². The molecule has 1 aromatic rings.